The van der Waals surface area contributed by atoms with Crippen LogP contribution in [0.2, 0.25) is 0 Å². The number of nitrogens with zero attached hydrogens (tertiary/aromatic N) is 3. The van der Waals surface area contributed by atoms with E-state index in [1.54, 1.807) is 32.6 Å². The van der Waals surface area contributed by atoms with Crippen LogP contribution < -0.4 is 20.1 Å². The zero-order valence-electron chi connectivity index (χ0n) is 18.6. The highest BCUT2D eigenvalue weighted by Crippen LogP contribution is 2.33. The molecule has 1 aromatic carbocycles. The maximum Gasteiger partial charge on any atom is 0.191 e. The Bertz CT molecular complexity index is 865. The van der Waals surface area contributed by atoms with Crippen LogP contribution in [0.5, 0.6) is 11.5 Å². The number of nitrogens with one attached hydrogen (secondary N) is 2. The molecule has 0 atom stereocenters. The summed E-state index contributed by atoms with van der Waals surface area (Å²) in [4.78, 5) is 11.4. The minimum absolute atomic E-state index is 0.461. The van der Waals surface area contributed by atoms with Gasteiger partial charge in [-0.05, 0) is 35.6 Å². The summed E-state index contributed by atoms with van der Waals surface area (Å²) in [6, 6.07) is 4.21. The van der Waals surface area contributed by atoms with Gasteiger partial charge in [-0.15, -0.1) is 11.3 Å². The summed E-state index contributed by atoms with van der Waals surface area (Å²) in [5.41, 5.74) is 3.81. The molecule has 7 nitrogen and oxygen atoms in total. The zero-order valence-corrected chi connectivity index (χ0v) is 19.4. The molecular weight excluding hydrogens is 398 g/mol. The van der Waals surface area contributed by atoms with Gasteiger partial charge in [-0.1, -0.05) is 13.8 Å². The molecule has 164 valence electrons. The quantitative estimate of drug-likeness (QED) is 0.495. The number of hydrogen-bond donors (Lipinski definition) is 2. The van der Waals surface area contributed by atoms with Crippen LogP contribution >= 0.6 is 11.3 Å². The van der Waals surface area contributed by atoms with Crippen LogP contribution in [0.3, 0.4) is 0 Å². The van der Waals surface area contributed by atoms with Gasteiger partial charge in [0.2, 0.25) is 0 Å². The minimum atomic E-state index is 0.461. The Morgan fingerprint density at radius 1 is 1.20 bits per heavy atom. The molecule has 8 heteroatoms. The third-order valence-corrected chi connectivity index (χ3v) is 6.18. The fourth-order valence-corrected chi connectivity index (χ4v) is 4.41. The van der Waals surface area contributed by atoms with E-state index < -0.39 is 0 Å². The van der Waals surface area contributed by atoms with Crippen molar-refractivity contribution in [2.24, 2.45) is 4.99 Å². The van der Waals surface area contributed by atoms with E-state index in [-0.39, 0.29) is 0 Å². The molecular formula is C22H33N5O2S. The zero-order chi connectivity index (χ0) is 21.5. The molecule has 3 rings (SSSR count). The molecule has 1 aliphatic heterocycles. The Kier molecular flexibility index (Phi) is 7.93. The van der Waals surface area contributed by atoms with E-state index in [1.807, 2.05) is 0 Å². The molecule has 0 spiro atoms. The van der Waals surface area contributed by atoms with Crippen LogP contribution in [0, 0.1) is 0 Å². The number of hydrogen-bond acceptors (Lipinski definition) is 6. The van der Waals surface area contributed by atoms with Crippen molar-refractivity contribution in [3.63, 3.8) is 0 Å². The first-order valence-corrected chi connectivity index (χ1v) is 11.3. The van der Waals surface area contributed by atoms with Gasteiger partial charge in [0, 0.05) is 38.6 Å². The second-order valence-corrected chi connectivity index (χ2v) is 8.62. The Morgan fingerprint density at radius 2 is 1.93 bits per heavy atom. The lowest BCUT2D eigenvalue weighted by Crippen LogP contribution is -2.42. The maximum absolute atomic E-state index is 5.46. The highest BCUT2D eigenvalue weighted by atomic mass is 32.1. The van der Waals surface area contributed by atoms with E-state index >= 15 is 0 Å². The topological polar surface area (TPSA) is 71.0 Å². The van der Waals surface area contributed by atoms with Crippen LogP contribution in [0.1, 0.15) is 41.6 Å². The van der Waals surface area contributed by atoms with Crippen LogP contribution in [-0.2, 0) is 19.5 Å². The van der Waals surface area contributed by atoms with Gasteiger partial charge >= 0.3 is 0 Å². The first-order chi connectivity index (χ1) is 14.5. The third-order valence-electron chi connectivity index (χ3n) is 5.31. The van der Waals surface area contributed by atoms with Gasteiger partial charge in [-0.2, -0.15) is 0 Å². The molecule has 30 heavy (non-hydrogen) atoms. The smallest absolute Gasteiger partial charge is 0.191 e. The van der Waals surface area contributed by atoms with E-state index in [2.05, 4.69) is 56.9 Å². The maximum atomic E-state index is 5.46. The second kappa shape index (κ2) is 10.6. The van der Waals surface area contributed by atoms with Gasteiger partial charge in [0.25, 0.3) is 0 Å². The number of rotatable bonds is 8. The molecule has 0 saturated heterocycles. The van der Waals surface area contributed by atoms with Crippen LogP contribution in [0.25, 0.3) is 0 Å². The monoisotopic (exact) mass is 431 g/mol. The number of aromatic nitrogens is 1. The number of fused-ring (bicyclic) bond motifs is 1. The van der Waals surface area contributed by atoms with E-state index in [9.17, 15) is 0 Å². The largest absolute Gasteiger partial charge is 0.493 e. The normalized spacial score (nSPS) is 14.5. The summed E-state index contributed by atoms with van der Waals surface area (Å²) in [5, 5.41) is 9.99. The number of ether oxygens (including phenoxy) is 2. The first kappa shape index (κ1) is 22.4. The predicted octanol–water partition coefficient (Wildman–Crippen LogP) is 3.01. The molecule has 0 bridgehead atoms. The summed E-state index contributed by atoms with van der Waals surface area (Å²) >= 11 is 1.69. The molecule has 0 radical (unpaired) electrons. The number of methoxy groups -OCH3 is 2. The average Bonchev–Trinajstić information content (AvgIpc) is 3.24. The summed E-state index contributed by atoms with van der Waals surface area (Å²) in [7, 11) is 5.17. The number of guanidine groups is 1. The Labute approximate surface area is 183 Å². The summed E-state index contributed by atoms with van der Waals surface area (Å²) in [5.74, 6) is 2.87. The van der Waals surface area contributed by atoms with Crippen molar-refractivity contribution < 1.29 is 9.47 Å². The standard InChI is InChI=1S/C22H33N5O2S/c1-15(2)18-14-30-21(26-18)12-25-22(23-3)24-7-9-27-8-6-16-10-19(28-4)20(29-5)11-17(16)13-27/h10-11,14-15H,6-9,12-13H2,1-5H3,(H2,23,24,25). The van der Waals surface area contributed by atoms with Gasteiger partial charge in [-0.25, -0.2) is 4.98 Å². The second-order valence-electron chi connectivity index (χ2n) is 7.68. The van der Waals surface area contributed by atoms with Gasteiger partial charge < -0.3 is 20.1 Å². The lowest BCUT2D eigenvalue weighted by molar-refractivity contribution is 0.256. The fourth-order valence-electron chi connectivity index (χ4n) is 3.52. The van der Waals surface area contributed by atoms with Crippen LogP contribution in [0.4, 0.5) is 0 Å². The van der Waals surface area contributed by atoms with Crippen molar-refractivity contribution in [1.82, 2.24) is 20.5 Å². The molecule has 0 unspecified atom stereocenters. The van der Waals surface area contributed by atoms with Gasteiger partial charge in [-0.3, -0.25) is 9.89 Å². The Morgan fingerprint density at radius 3 is 2.57 bits per heavy atom. The first-order valence-electron chi connectivity index (χ1n) is 10.4. The lowest BCUT2D eigenvalue weighted by atomic mass is 9.99. The van der Waals surface area contributed by atoms with Gasteiger partial charge in [0.1, 0.15) is 5.01 Å². The Hall–Kier alpha value is -2.32. The molecule has 0 fully saturated rings. The van der Waals surface area contributed by atoms with E-state index in [4.69, 9.17) is 9.47 Å². The van der Waals surface area contributed by atoms with E-state index in [1.165, 1.54) is 11.1 Å². The highest BCUT2D eigenvalue weighted by Gasteiger charge is 2.19. The molecule has 1 aliphatic rings. The van der Waals surface area contributed by atoms with Crippen LogP contribution in [-0.4, -0.2) is 56.7 Å². The van der Waals surface area contributed by atoms with Gasteiger partial charge in [0.15, 0.2) is 17.5 Å². The van der Waals surface area contributed by atoms with Crippen molar-refractivity contribution in [1.29, 1.82) is 0 Å². The van der Waals surface area contributed by atoms with Crippen molar-refractivity contribution in [2.75, 3.05) is 40.9 Å². The SMILES string of the molecule is CN=C(NCCN1CCc2cc(OC)c(OC)cc2C1)NCc1nc(C(C)C)cs1. The Balaban J connectivity index is 1.46. The molecule has 0 aliphatic carbocycles. The lowest BCUT2D eigenvalue weighted by Gasteiger charge is -2.29. The number of aliphatic imine (C=N–C) groups is 1. The minimum Gasteiger partial charge on any atom is -0.493 e. The van der Waals surface area contributed by atoms with Crippen molar-refractivity contribution in [3.05, 3.63) is 39.3 Å². The third kappa shape index (κ3) is 5.64. The molecule has 1 aromatic heterocycles. The highest BCUT2D eigenvalue weighted by molar-refractivity contribution is 7.09. The molecule has 0 saturated carbocycles. The van der Waals surface area contributed by atoms with E-state index in [0.29, 0.717) is 12.5 Å². The van der Waals surface area contributed by atoms with Gasteiger partial charge in [0.05, 0.1) is 26.5 Å². The summed E-state index contributed by atoms with van der Waals surface area (Å²) < 4.78 is 10.9. The number of benzene rings is 1. The molecule has 2 heterocycles. The number of thiazole rings is 1. The van der Waals surface area contributed by atoms with E-state index in [0.717, 1.165) is 60.8 Å². The van der Waals surface area contributed by atoms with Crippen LogP contribution in [0.15, 0.2) is 22.5 Å². The van der Waals surface area contributed by atoms with Crippen molar-refractivity contribution >= 4 is 17.3 Å². The van der Waals surface area contributed by atoms with Crippen molar-refractivity contribution in [2.45, 2.75) is 39.3 Å². The van der Waals surface area contributed by atoms with Crippen molar-refractivity contribution in [3.8, 4) is 11.5 Å². The summed E-state index contributed by atoms with van der Waals surface area (Å²) in [6.45, 7) is 8.75. The molecule has 2 aromatic rings. The predicted molar refractivity (Wildman–Crippen MR) is 123 cm³/mol. The summed E-state index contributed by atoms with van der Waals surface area (Å²) in [6.07, 6.45) is 1.02. The molecule has 2 N–H and O–H groups in total. The molecule has 0 amide bonds. The fraction of sp³-hybridized carbons (Fsp3) is 0.545. The average molecular weight is 432 g/mol.